The Kier molecular flexibility index (Phi) is 6.76. The Bertz CT molecular complexity index is 1310. The molecule has 1 unspecified atom stereocenters. The molecule has 0 aliphatic carbocycles. The highest BCUT2D eigenvalue weighted by atomic mass is 35.5. The molecule has 2 aliphatic heterocycles. The summed E-state index contributed by atoms with van der Waals surface area (Å²) in [6.45, 7) is 5.97. The molecular weight excluding hydrogens is 522 g/mol. The third-order valence-corrected chi connectivity index (χ3v) is 8.11. The number of nitrogens with zero attached hydrogens (tertiary/aromatic N) is 4. The average molecular weight is 547 g/mol. The van der Waals surface area contributed by atoms with Crippen LogP contribution in [0, 0.1) is 16.8 Å². The molecule has 7 nitrogen and oxygen atoms in total. The summed E-state index contributed by atoms with van der Waals surface area (Å²) in [4.78, 5) is 10.4. The van der Waals surface area contributed by atoms with Gasteiger partial charge < -0.3 is 15.4 Å². The van der Waals surface area contributed by atoms with Crippen molar-refractivity contribution in [2.24, 2.45) is 5.41 Å². The quantitative estimate of drug-likeness (QED) is 0.176. The van der Waals surface area contributed by atoms with Crippen molar-refractivity contribution in [2.75, 3.05) is 43.1 Å². The Morgan fingerprint density at radius 3 is 2.58 bits per heavy atom. The smallest absolute Gasteiger partial charge is 0.232 e. The summed E-state index contributed by atoms with van der Waals surface area (Å²) >= 11 is 14.0. The van der Waals surface area contributed by atoms with Crippen molar-refractivity contribution in [3.05, 3.63) is 75.4 Å². The lowest BCUT2D eigenvalue weighted by Crippen LogP contribution is -2.70. The van der Waals surface area contributed by atoms with Gasteiger partial charge in [0.05, 0.1) is 10.7 Å². The van der Waals surface area contributed by atoms with E-state index in [-0.39, 0.29) is 15.8 Å². The molecule has 36 heavy (non-hydrogen) atoms. The van der Waals surface area contributed by atoms with E-state index in [4.69, 9.17) is 39.1 Å². The zero-order valence-corrected chi connectivity index (χ0v) is 22.1. The first-order valence-corrected chi connectivity index (χ1v) is 13.3. The van der Waals surface area contributed by atoms with Gasteiger partial charge >= 0.3 is 0 Å². The van der Waals surface area contributed by atoms with Gasteiger partial charge in [-0.05, 0) is 43.5 Å². The molecule has 0 radical (unpaired) electrons. The van der Waals surface area contributed by atoms with Crippen LogP contribution < -0.4 is 15.4 Å². The van der Waals surface area contributed by atoms with E-state index in [9.17, 15) is 4.39 Å². The van der Waals surface area contributed by atoms with Crippen LogP contribution >= 0.6 is 35.1 Å². The summed E-state index contributed by atoms with van der Waals surface area (Å²) in [5, 5.41) is 8.76. The standard InChI is InChI=1S/C25H25Cl2FN6OS/c1-14(21-18(26)9-32-24(28)22(21)27)35-16-4-5-19(29)17(7-16)23(30)15-3-6-20(31-8-15)33-10-25(11-33)12-34(13-25)36-2/h3-9,14,30H,10-13,29H2,1-2H3. The first kappa shape index (κ1) is 25.1. The summed E-state index contributed by atoms with van der Waals surface area (Å²) in [6.07, 6.45) is 4.35. The molecule has 5 rings (SSSR count). The zero-order valence-electron chi connectivity index (χ0n) is 19.8. The fourth-order valence-corrected chi connectivity index (χ4v) is 6.20. The minimum absolute atomic E-state index is 0.184. The van der Waals surface area contributed by atoms with E-state index >= 15 is 0 Å². The first-order chi connectivity index (χ1) is 17.2. The van der Waals surface area contributed by atoms with Crippen molar-refractivity contribution in [3.8, 4) is 5.75 Å². The lowest BCUT2D eigenvalue weighted by Gasteiger charge is -2.60. The van der Waals surface area contributed by atoms with Crippen molar-refractivity contribution < 1.29 is 9.13 Å². The molecule has 1 aromatic carbocycles. The van der Waals surface area contributed by atoms with Crippen LogP contribution in [0.4, 0.5) is 15.9 Å². The largest absolute Gasteiger partial charge is 0.486 e. The van der Waals surface area contributed by atoms with Crippen molar-refractivity contribution >= 4 is 52.4 Å². The summed E-state index contributed by atoms with van der Waals surface area (Å²) in [5.41, 5.74) is 8.70. The van der Waals surface area contributed by atoms with E-state index in [2.05, 4.69) is 25.4 Å². The van der Waals surface area contributed by atoms with Crippen LogP contribution in [0.3, 0.4) is 0 Å². The van der Waals surface area contributed by atoms with Gasteiger partial charge in [0.15, 0.2) is 0 Å². The van der Waals surface area contributed by atoms with Crippen LogP contribution in [-0.2, 0) is 0 Å². The number of halogens is 3. The summed E-state index contributed by atoms with van der Waals surface area (Å²) in [5.74, 6) is 0.540. The Labute approximate surface area is 223 Å². The maximum atomic E-state index is 13.8. The summed E-state index contributed by atoms with van der Waals surface area (Å²) < 4.78 is 22.2. The number of nitrogens with two attached hydrogens (primary N) is 1. The normalized spacial score (nSPS) is 17.4. The summed E-state index contributed by atoms with van der Waals surface area (Å²) in [6, 6.07) is 8.86. The first-order valence-electron chi connectivity index (χ1n) is 11.3. The number of hydrogen-bond donors (Lipinski definition) is 2. The average Bonchev–Trinajstić information content (AvgIpc) is 2.81. The summed E-state index contributed by atoms with van der Waals surface area (Å²) in [7, 11) is 0. The van der Waals surface area contributed by atoms with Crippen LogP contribution in [0.1, 0.15) is 29.7 Å². The monoisotopic (exact) mass is 546 g/mol. The highest BCUT2D eigenvalue weighted by molar-refractivity contribution is 7.96. The van der Waals surface area contributed by atoms with E-state index in [1.165, 1.54) is 6.20 Å². The van der Waals surface area contributed by atoms with Crippen molar-refractivity contribution in [1.29, 1.82) is 5.41 Å². The minimum Gasteiger partial charge on any atom is -0.486 e. The maximum absolute atomic E-state index is 13.8. The molecule has 0 saturated carbocycles. The van der Waals surface area contributed by atoms with E-state index in [1.54, 1.807) is 43.3 Å². The molecule has 1 spiro atoms. The van der Waals surface area contributed by atoms with Crippen molar-refractivity contribution in [1.82, 2.24) is 14.3 Å². The number of aromatic nitrogens is 2. The molecule has 2 aromatic heterocycles. The number of nitrogens with one attached hydrogen (secondary N) is 1. The molecule has 0 amide bonds. The number of rotatable bonds is 7. The molecular formula is C25H25Cl2FN6OS. The van der Waals surface area contributed by atoms with Gasteiger partial charge in [-0.2, -0.15) is 4.39 Å². The number of hydrogen-bond acceptors (Lipinski definition) is 8. The molecule has 4 heterocycles. The SMILES string of the molecule is CSN1CC2(C1)CN(c1ccc(C(=N)c3cc(OC(C)c4c(Cl)cnc(F)c4Cl)ccc3N)cn1)C2. The predicted molar refractivity (Wildman–Crippen MR) is 144 cm³/mol. The molecule has 1 atom stereocenters. The zero-order chi connectivity index (χ0) is 25.6. The molecule has 3 N–H and O–H groups in total. The fourth-order valence-electron chi connectivity index (χ4n) is 4.75. The number of nitrogen functional groups attached to an aromatic ring is 1. The number of anilines is 2. The van der Waals surface area contributed by atoms with Gasteiger partial charge in [0.2, 0.25) is 5.95 Å². The molecule has 188 valence electrons. The minimum atomic E-state index is -0.815. The van der Waals surface area contributed by atoms with E-state index in [1.807, 2.05) is 12.1 Å². The molecule has 2 fully saturated rings. The molecule has 0 bridgehead atoms. The highest BCUT2D eigenvalue weighted by Gasteiger charge is 2.51. The molecule has 3 aromatic rings. The van der Waals surface area contributed by atoms with E-state index in [0.29, 0.717) is 33.5 Å². The Hall–Kier alpha value is -2.59. The highest BCUT2D eigenvalue weighted by Crippen LogP contribution is 2.43. The number of benzene rings is 1. The fraction of sp³-hybridized carbons (Fsp3) is 0.320. The lowest BCUT2D eigenvalue weighted by molar-refractivity contribution is 0.0474. The Balaban J connectivity index is 1.28. The van der Waals surface area contributed by atoms with Gasteiger partial charge in [0.1, 0.15) is 22.7 Å². The third kappa shape index (κ3) is 4.61. The van der Waals surface area contributed by atoms with Crippen molar-refractivity contribution in [3.63, 3.8) is 0 Å². The van der Waals surface area contributed by atoms with Gasteiger partial charge in [-0.15, -0.1) is 0 Å². The van der Waals surface area contributed by atoms with Gasteiger partial charge in [-0.1, -0.05) is 35.1 Å². The van der Waals surface area contributed by atoms with E-state index in [0.717, 1.165) is 32.0 Å². The van der Waals surface area contributed by atoms with Crippen LogP contribution in [0.5, 0.6) is 5.75 Å². The van der Waals surface area contributed by atoms with Crippen LogP contribution in [0.15, 0.2) is 42.7 Å². The second kappa shape index (κ2) is 9.70. The van der Waals surface area contributed by atoms with Gasteiger partial charge in [-0.25, -0.2) is 14.3 Å². The van der Waals surface area contributed by atoms with Crippen molar-refractivity contribution in [2.45, 2.75) is 13.0 Å². The second-order valence-corrected chi connectivity index (χ2v) is 10.9. The molecule has 11 heteroatoms. The van der Waals surface area contributed by atoms with Gasteiger partial charge in [-0.3, -0.25) is 5.41 Å². The predicted octanol–water partition coefficient (Wildman–Crippen LogP) is 5.46. The van der Waals surface area contributed by atoms with Gasteiger partial charge in [0.25, 0.3) is 0 Å². The lowest BCUT2D eigenvalue weighted by atomic mass is 9.74. The number of pyridine rings is 2. The molecule has 2 aliphatic rings. The Morgan fingerprint density at radius 1 is 1.17 bits per heavy atom. The molecule has 2 saturated heterocycles. The van der Waals surface area contributed by atoms with Crippen LogP contribution in [0.25, 0.3) is 0 Å². The van der Waals surface area contributed by atoms with Crippen LogP contribution in [-0.4, -0.2) is 52.4 Å². The van der Waals surface area contributed by atoms with E-state index < -0.39 is 12.1 Å². The number of ether oxygens (including phenoxy) is 1. The second-order valence-electron chi connectivity index (χ2n) is 9.25. The maximum Gasteiger partial charge on any atom is 0.232 e. The Morgan fingerprint density at radius 2 is 1.92 bits per heavy atom. The van der Waals surface area contributed by atoms with Crippen LogP contribution in [0.2, 0.25) is 10.0 Å². The topological polar surface area (TPSA) is 91.4 Å². The van der Waals surface area contributed by atoms with Gasteiger partial charge in [0, 0.05) is 66.4 Å². The third-order valence-electron chi connectivity index (χ3n) is 6.67.